The van der Waals surface area contributed by atoms with Crippen molar-refractivity contribution in [1.82, 2.24) is 9.55 Å². The van der Waals surface area contributed by atoms with E-state index in [0.29, 0.717) is 10.2 Å². The second-order valence-electron chi connectivity index (χ2n) is 5.70. The molecular weight excluding hydrogens is 310 g/mol. The van der Waals surface area contributed by atoms with Crippen LogP contribution in [0.2, 0.25) is 0 Å². The Hall–Kier alpha value is -2.47. The minimum atomic E-state index is -0.221. The van der Waals surface area contributed by atoms with E-state index in [9.17, 15) is 9.59 Å². The number of aromatic nitrogens is 2. The minimum Gasteiger partial charge on any atom is -0.325 e. The summed E-state index contributed by atoms with van der Waals surface area (Å²) in [6.07, 6.45) is 4.79. The first-order chi connectivity index (χ1) is 11.2. The molecule has 0 aliphatic heterocycles. The van der Waals surface area contributed by atoms with E-state index >= 15 is 0 Å². The maximum absolute atomic E-state index is 12.3. The number of thiophene rings is 1. The lowest BCUT2D eigenvalue weighted by Gasteiger charge is -2.09. The fourth-order valence-corrected chi connectivity index (χ4v) is 3.73. The van der Waals surface area contributed by atoms with E-state index in [1.165, 1.54) is 39.8 Å². The lowest BCUT2D eigenvalue weighted by Crippen LogP contribution is -2.27. The molecule has 0 spiro atoms. The number of nitrogens with zero attached hydrogens (tertiary/aromatic N) is 2. The van der Waals surface area contributed by atoms with Gasteiger partial charge in [0.05, 0.1) is 11.7 Å². The van der Waals surface area contributed by atoms with Crippen LogP contribution in [0.15, 0.2) is 40.8 Å². The number of fused-ring (bicyclic) bond motifs is 2. The van der Waals surface area contributed by atoms with Crippen LogP contribution in [0.25, 0.3) is 10.2 Å². The molecule has 1 amide bonds. The average molecular weight is 325 g/mol. The quantitative estimate of drug-likeness (QED) is 0.805. The highest BCUT2D eigenvalue weighted by Gasteiger charge is 2.13. The molecule has 0 radical (unpaired) electrons. The molecule has 3 aromatic rings. The Morgan fingerprint density at radius 2 is 2.13 bits per heavy atom. The number of aryl methyl sites for hydroxylation is 2. The van der Waals surface area contributed by atoms with Crippen LogP contribution in [0.1, 0.15) is 17.5 Å². The number of hydrogen-bond donors (Lipinski definition) is 1. The molecule has 0 saturated heterocycles. The molecule has 116 valence electrons. The summed E-state index contributed by atoms with van der Waals surface area (Å²) in [6, 6.07) is 7.77. The summed E-state index contributed by atoms with van der Waals surface area (Å²) in [5.74, 6) is -0.221. The standard InChI is InChI=1S/C17H15N3O2S/c21-15(19-13-5-4-11-2-1-3-12(11)8-13)9-20-10-18-16-14(17(20)22)6-7-23-16/h4-8,10H,1-3,9H2,(H,19,21). The van der Waals surface area contributed by atoms with Gasteiger partial charge in [0.1, 0.15) is 11.4 Å². The van der Waals surface area contributed by atoms with Gasteiger partial charge in [-0.15, -0.1) is 11.3 Å². The average Bonchev–Trinajstić information content (AvgIpc) is 3.18. The van der Waals surface area contributed by atoms with E-state index in [2.05, 4.69) is 16.4 Å². The number of amides is 1. The third kappa shape index (κ3) is 2.66. The van der Waals surface area contributed by atoms with Crippen molar-refractivity contribution >= 4 is 33.1 Å². The summed E-state index contributed by atoms with van der Waals surface area (Å²) in [6.45, 7) is -0.0330. The maximum atomic E-state index is 12.3. The number of carbonyl (C=O) groups is 1. The fraction of sp³-hybridized carbons (Fsp3) is 0.235. The summed E-state index contributed by atoms with van der Waals surface area (Å²) >= 11 is 1.42. The van der Waals surface area contributed by atoms with Gasteiger partial charge >= 0.3 is 0 Å². The van der Waals surface area contributed by atoms with Crippen LogP contribution in [0.4, 0.5) is 5.69 Å². The molecule has 2 aromatic heterocycles. The van der Waals surface area contributed by atoms with Crippen molar-refractivity contribution in [2.45, 2.75) is 25.8 Å². The van der Waals surface area contributed by atoms with Gasteiger partial charge in [-0.05, 0) is 54.0 Å². The molecule has 6 heteroatoms. The molecule has 0 unspecified atom stereocenters. The van der Waals surface area contributed by atoms with Crippen LogP contribution in [0.3, 0.4) is 0 Å². The van der Waals surface area contributed by atoms with Gasteiger partial charge in [-0.3, -0.25) is 14.2 Å². The second kappa shape index (κ2) is 5.62. The molecule has 23 heavy (non-hydrogen) atoms. The first-order valence-electron chi connectivity index (χ1n) is 7.55. The zero-order valence-corrected chi connectivity index (χ0v) is 13.2. The number of benzene rings is 1. The van der Waals surface area contributed by atoms with Crippen LogP contribution in [-0.4, -0.2) is 15.5 Å². The van der Waals surface area contributed by atoms with Crippen molar-refractivity contribution in [3.63, 3.8) is 0 Å². The Balaban J connectivity index is 1.53. The smallest absolute Gasteiger partial charge is 0.262 e. The van der Waals surface area contributed by atoms with Gasteiger partial charge in [-0.1, -0.05) is 6.07 Å². The van der Waals surface area contributed by atoms with E-state index in [4.69, 9.17) is 0 Å². The Labute approximate surface area is 136 Å². The predicted molar refractivity (Wildman–Crippen MR) is 91.0 cm³/mol. The molecule has 2 heterocycles. The van der Waals surface area contributed by atoms with Gasteiger partial charge in [-0.2, -0.15) is 0 Å². The molecule has 5 nitrogen and oxygen atoms in total. The van der Waals surface area contributed by atoms with E-state index < -0.39 is 0 Å². The molecular formula is C17H15N3O2S. The summed E-state index contributed by atoms with van der Waals surface area (Å²) in [4.78, 5) is 29.4. The fourth-order valence-electron chi connectivity index (χ4n) is 3.01. The van der Waals surface area contributed by atoms with Crippen LogP contribution in [0, 0.1) is 0 Å². The van der Waals surface area contributed by atoms with E-state index in [-0.39, 0.29) is 18.0 Å². The number of rotatable bonds is 3. The van der Waals surface area contributed by atoms with Gasteiger partial charge in [-0.25, -0.2) is 4.98 Å². The lowest BCUT2D eigenvalue weighted by atomic mass is 10.1. The van der Waals surface area contributed by atoms with Gasteiger partial charge < -0.3 is 5.32 Å². The van der Waals surface area contributed by atoms with Crippen LogP contribution in [0.5, 0.6) is 0 Å². The van der Waals surface area contributed by atoms with Crippen LogP contribution in [-0.2, 0) is 24.2 Å². The molecule has 1 aliphatic rings. The molecule has 0 atom stereocenters. The largest absolute Gasteiger partial charge is 0.325 e. The third-order valence-electron chi connectivity index (χ3n) is 4.15. The van der Waals surface area contributed by atoms with Gasteiger partial charge in [0, 0.05) is 5.69 Å². The molecule has 1 N–H and O–H groups in total. The van der Waals surface area contributed by atoms with Gasteiger partial charge in [0.25, 0.3) is 5.56 Å². The zero-order chi connectivity index (χ0) is 15.8. The summed E-state index contributed by atoms with van der Waals surface area (Å²) in [5.41, 5.74) is 3.28. The highest BCUT2D eigenvalue weighted by Crippen LogP contribution is 2.24. The first kappa shape index (κ1) is 14.1. The van der Waals surface area contributed by atoms with Crippen LogP contribution >= 0.6 is 11.3 Å². The highest BCUT2D eigenvalue weighted by atomic mass is 32.1. The van der Waals surface area contributed by atoms with Crippen molar-refractivity contribution in [3.8, 4) is 0 Å². The van der Waals surface area contributed by atoms with Gasteiger partial charge in [0.2, 0.25) is 5.91 Å². The van der Waals surface area contributed by atoms with E-state index in [0.717, 1.165) is 18.5 Å². The van der Waals surface area contributed by atoms with Crippen LogP contribution < -0.4 is 10.9 Å². The number of nitrogens with one attached hydrogen (secondary N) is 1. The molecule has 1 aliphatic carbocycles. The Morgan fingerprint density at radius 3 is 3.04 bits per heavy atom. The molecule has 1 aromatic carbocycles. The lowest BCUT2D eigenvalue weighted by molar-refractivity contribution is -0.116. The number of carbonyl (C=O) groups excluding carboxylic acids is 1. The Bertz CT molecular complexity index is 958. The molecule has 0 bridgehead atoms. The zero-order valence-electron chi connectivity index (χ0n) is 12.4. The Morgan fingerprint density at radius 1 is 1.26 bits per heavy atom. The first-order valence-corrected chi connectivity index (χ1v) is 8.43. The minimum absolute atomic E-state index is 0.0330. The van der Waals surface area contributed by atoms with Crippen molar-refractivity contribution in [1.29, 1.82) is 0 Å². The molecule has 0 fully saturated rings. The molecule has 0 saturated carbocycles. The van der Waals surface area contributed by atoms with Crippen molar-refractivity contribution in [2.75, 3.05) is 5.32 Å². The normalized spacial score (nSPS) is 13.2. The maximum Gasteiger partial charge on any atom is 0.262 e. The molecule has 4 rings (SSSR count). The van der Waals surface area contributed by atoms with E-state index in [1.54, 1.807) is 6.07 Å². The third-order valence-corrected chi connectivity index (χ3v) is 4.97. The number of hydrogen-bond acceptors (Lipinski definition) is 4. The van der Waals surface area contributed by atoms with Crippen molar-refractivity contribution < 1.29 is 4.79 Å². The van der Waals surface area contributed by atoms with Crippen molar-refractivity contribution in [3.05, 3.63) is 57.5 Å². The monoisotopic (exact) mass is 325 g/mol. The SMILES string of the molecule is O=C(Cn1cnc2sccc2c1=O)Nc1ccc2c(c1)CCC2. The summed E-state index contributed by atoms with van der Waals surface area (Å²) < 4.78 is 1.34. The second-order valence-corrected chi connectivity index (χ2v) is 6.60. The number of anilines is 1. The Kier molecular flexibility index (Phi) is 3.46. The topological polar surface area (TPSA) is 64.0 Å². The summed E-state index contributed by atoms with van der Waals surface area (Å²) in [7, 11) is 0. The predicted octanol–water partition coefficient (Wildman–Crippen LogP) is 2.59. The van der Waals surface area contributed by atoms with Crippen molar-refractivity contribution in [2.24, 2.45) is 0 Å². The highest BCUT2D eigenvalue weighted by molar-refractivity contribution is 7.16. The summed E-state index contributed by atoms with van der Waals surface area (Å²) in [5, 5.41) is 5.25. The van der Waals surface area contributed by atoms with E-state index in [1.807, 2.05) is 17.5 Å². The van der Waals surface area contributed by atoms with Gasteiger partial charge in [0.15, 0.2) is 0 Å².